The fourth-order valence-electron chi connectivity index (χ4n) is 4.20. The van der Waals surface area contributed by atoms with Gasteiger partial charge in [0.25, 0.3) is 0 Å². The van der Waals surface area contributed by atoms with Crippen LogP contribution in [0.1, 0.15) is 11.1 Å². The van der Waals surface area contributed by atoms with E-state index in [0.717, 1.165) is 12.1 Å². The lowest BCUT2D eigenvalue weighted by Crippen LogP contribution is -2.50. The van der Waals surface area contributed by atoms with E-state index in [4.69, 9.17) is 10.7 Å². The molecule has 7 nitrogen and oxygen atoms in total. The van der Waals surface area contributed by atoms with Gasteiger partial charge in [0.2, 0.25) is 0 Å². The van der Waals surface area contributed by atoms with Crippen molar-refractivity contribution in [2.75, 3.05) is 19.5 Å². The highest BCUT2D eigenvalue weighted by molar-refractivity contribution is 5.92. The fourth-order valence-corrected chi connectivity index (χ4v) is 4.20. The van der Waals surface area contributed by atoms with Crippen LogP contribution in [0, 0.1) is 5.21 Å². The van der Waals surface area contributed by atoms with Crippen LogP contribution in [-0.4, -0.2) is 33.6 Å². The molecule has 0 spiro atoms. The average molecular weight is 452 g/mol. The summed E-state index contributed by atoms with van der Waals surface area (Å²) in [7, 11) is 1.75. The average Bonchev–Trinajstić information content (AvgIpc) is 2.78. The second kappa shape index (κ2) is 7.48. The molecule has 4 heterocycles. The zero-order valence-electron chi connectivity index (χ0n) is 17.5. The number of benzene rings is 1. The smallest absolute Gasteiger partial charge is 0.416 e. The molecule has 0 bridgehead atoms. The highest BCUT2D eigenvalue weighted by Gasteiger charge is 2.38. The number of hydroxylamine groups is 1. The summed E-state index contributed by atoms with van der Waals surface area (Å²) in [4.78, 5) is 15.0. The van der Waals surface area contributed by atoms with Crippen LogP contribution in [0.5, 0.6) is 0 Å². The Balaban J connectivity index is 1.75. The lowest BCUT2D eigenvalue weighted by molar-refractivity contribution is -0.137. The quantitative estimate of drug-likeness (QED) is 0.346. The minimum absolute atomic E-state index is 0.0218. The largest absolute Gasteiger partial charge is 0.621 e. The molecule has 3 aromatic heterocycles. The molecule has 168 valence electrons. The topological polar surface area (TPSA) is 91.0 Å². The molecule has 1 atom stereocenters. The van der Waals surface area contributed by atoms with Crippen LogP contribution in [0.25, 0.3) is 22.3 Å². The molecule has 2 N–H and O–H groups in total. The number of hydrogen-bond donors (Lipinski definition) is 1. The lowest BCUT2D eigenvalue weighted by Gasteiger charge is -2.47. The van der Waals surface area contributed by atoms with Crippen LogP contribution in [-0.2, 0) is 12.7 Å². The van der Waals surface area contributed by atoms with E-state index in [1.165, 1.54) is 12.1 Å². The van der Waals surface area contributed by atoms with E-state index >= 15 is 0 Å². The number of nitrogens with zero attached hydrogens (tertiary/aromatic N) is 5. The Bertz CT molecular complexity index is 1360. The molecule has 0 fully saturated rings. The molecule has 33 heavy (non-hydrogen) atoms. The van der Waals surface area contributed by atoms with E-state index in [2.05, 4.69) is 9.97 Å². The predicted molar refractivity (Wildman–Crippen MR) is 120 cm³/mol. The van der Waals surface area contributed by atoms with Crippen molar-refractivity contribution in [1.82, 2.24) is 24.5 Å². The van der Waals surface area contributed by atoms with Crippen molar-refractivity contribution in [2.24, 2.45) is 0 Å². The molecule has 1 aromatic carbocycles. The standard InChI is InChI=1S/C23H19F3N6O/c1-31-12-15-11-28-19-7-6-18(14-5-8-20(27)29-10-14)30-21(19)22(15)32(33,13-31)17-4-2-3-16(9-17)23(24,25)26/h2-11H,12-13H2,1H3,(H2,27,29). The first kappa shape index (κ1) is 21.3. The van der Waals surface area contributed by atoms with Gasteiger partial charge in [-0.1, -0.05) is 6.07 Å². The Kier molecular flexibility index (Phi) is 4.82. The monoisotopic (exact) mass is 452 g/mol. The number of halogens is 3. The van der Waals surface area contributed by atoms with Crippen molar-refractivity contribution in [2.45, 2.75) is 12.7 Å². The molecule has 1 aliphatic rings. The summed E-state index contributed by atoms with van der Waals surface area (Å²) in [5.74, 6) is 0.362. The molecule has 10 heteroatoms. The second-order valence-electron chi connectivity index (χ2n) is 8.11. The number of nitrogens with two attached hydrogens (primary N) is 1. The molecule has 5 rings (SSSR count). The molecule has 0 saturated carbocycles. The van der Waals surface area contributed by atoms with Gasteiger partial charge in [0.1, 0.15) is 18.2 Å². The van der Waals surface area contributed by atoms with Crippen molar-refractivity contribution in [3.63, 3.8) is 0 Å². The molecule has 0 radical (unpaired) electrons. The van der Waals surface area contributed by atoms with E-state index in [1.54, 1.807) is 48.6 Å². The van der Waals surface area contributed by atoms with Crippen LogP contribution < -0.4 is 10.4 Å². The van der Waals surface area contributed by atoms with E-state index < -0.39 is 16.4 Å². The minimum atomic E-state index is -4.56. The first-order chi connectivity index (χ1) is 15.6. The van der Waals surface area contributed by atoms with Crippen LogP contribution in [0.3, 0.4) is 0 Å². The molecular weight excluding hydrogens is 433 g/mol. The van der Waals surface area contributed by atoms with Gasteiger partial charge in [0, 0.05) is 36.1 Å². The van der Waals surface area contributed by atoms with Crippen molar-refractivity contribution in [1.29, 1.82) is 0 Å². The Labute approximate surface area is 187 Å². The summed E-state index contributed by atoms with van der Waals surface area (Å²) in [5.41, 5.74) is 7.77. The normalized spacial score (nSPS) is 18.9. The summed E-state index contributed by atoms with van der Waals surface area (Å²) < 4.78 is 39.1. The van der Waals surface area contributed by atoms with Gasteiger partial charge >= 0.3 is 6.18 Å². The zero-order valence-corrected chi connectivity index (χ0v) is 17.5. The second-order valence-corrected chi connectivity index (χ2v) is 8.11. The van der Waals surface area contributed by atoms with Gasteiger partial charge in [-0.25, -0.2) is 9.97 Å². The maximum atomic E-state index is 14.4. The first-order valence-corrected chi connectivity index (χ1v) is 10.1. The number of nitrogen functional groups attached to an aromatic ring is 1. The first-order valence-electron chi connectivity index (χ1n) is 10.1. The number of rotatable bonds is 2. The molecule has 1 aliphatic heterocycles. The molecule has 1 unspecified atom stereocenters. The number of hydrogen-bond acceptors (Lipinski definition) is 6. The van der Waals surface area contributed by atoms with E-state index in [9.17, 15) is 18.4 Å². The third kappa shape index (κ3) is 3.67. The Morgan fingerprint density at radius 1 is 1.06 bits per heavy atom. The number of quaternary nitrogens is 1. The van der Waals surface area contributed by atoms with Crippen LogP contribution >= 0.6 is 0 Å². The van der Waals surface area contributed by atoms with Gasteiger partial charge in [-0.05, 0) is 43.4 Å². The van der Waals surface area contributed by atoms with Crippen molar-refractivity contribution < 1.29 is 13.2 Å². The Hall–Kier alpha value is -3.60. The molecular formula is C23H19F3N6O. The number of alkyl halides is 3. The van der Waals surface area contributed by atoms with E-state index in [-0.39, 0.29) is 12.4 Å². The minimum Gasteiger partial charge on any atom is -0.621 e. The summed E-state index contributed by atoms with van der Waals surface area (Å²) in [6, 6.07) is 11.5. The lowest BCUT2D eigenvalue weighted by atomic mass is 10.1. The zero-order chi connectivity index (χ0) is 23.4. The van der Waals surface area contributed by atoms with Crippen LogP contribution in [0.2, 0.25) is 0 Å². The molecule has 4 aromatic rings. The Morgan fingerprint density at radius 3 is 2.61 bits per heavy atom. The summed E-state index contributed by atoms with van der Waals surface area (Å²) in [6.07, 6.45) is -1.39. The molecule has 0 saturated heterocycles. The van der Waals surface area contributed by atoms with Crippen molar-refractivity contribution >= 4 is 28.2 Å². The highest BCUT2D eigenvalue weighted by atomic mass is 19.4. The highest BCUT2D eigenvalue weighted by Crippen LogP contribution is 2.45. The Morgan fingerprint density at radius 2 is 1.88 bits per heavy atom. The summed E-state index contributed by atoms with van der Waals surface area (Å²) >= 11 is 0. The maximum absolute atomic E-state index is 14.4. The number of fused-ring (bicyclic) bond motifs is 3. The van der Waals surface area contributed by atoms with Crippen molar-refractivity contribution in [3.05, 3.63) is 77.3 Å². The molecule has 0 aliphatic carbocycles. The number of anilines is 1. The summed E-state index contributed by atoms with van der Waals surface area (Å²) in [5, 5.41) is 14.4. The van der Waals surface area contributed by atoms with Crippen molar-refractivity contribution in [3.8, 4) is 11.3 Å². The van der Waals surface area contributed by atoms with Gasteiger partial charge in [-0.3, -0.25) is 14.5 Å². The van der Waals surface area contributed by atoms with Gasteiger partial charge in [-0.2, -0.15) is 13.2 Å². The van der Waals surface area contributed by atoms with Crippen LogP contribution in [0.4, 0.5) is 30.4 Å². The van der Waals surface area contributed by atoms with E-state index in [0.29, 0.717) is 45.9 Å². The number of aromatic nitrogens is 3. The number of pyridine rings is 3. The summed E-state index contributed by atoms with van der Waals surface area (Å²) in [6.45, 7) is 0.359. The van der Waals surface area contributed by atoms with Gasteiger partial charge in [-0.15, -0.1) is 0 Å². The SMILES string of the molecule is CN1Cc2cnc3ccc(-c4ccc(N)nc4)nc3c2[N+]([O-])(c2cccc(C(F)(F)F)c2)C1. The third-order valence-corrected chi connectivity index (χ3v) is 5.68. The third-order valence-electron chi connectivity index (χ3n) is 5.68. The maximum Gasteiger partial charge on any atom is 0.416 e. The van der Waals surface area contributed by atoms with Gasteiger partial charge in [0.05, 0.1) is 16.8 Å². The fraction of sp³-hybridized carbons (Fsp3) is 0.174. The predicted octanol–water partition coefficient (Wildman–Crippen LogP) is 4.83. The van der Waals surface area contributed by atoms with Gasteiger partial charge in [0.15, 0.2) is 11.2 Å². The van der Waals surface area contributed by atoms with Gasteiger partial charge < -0.3 is 10.9 Å². The van der Waals surface area contributed by atoms with Crippen LogP contribution in [0.15, 0.2) is 60.9 Å². The molecule has 0 amide bonds. The van der Waals surface area contributed by atoms with E-state index in [1.807, 2.05) is 0 Å².